The van der Waals surface area contributed by atoms with Crippen LogP contribution in [0.1, 0.15) is 6.92 Å². The van der Waals surface area contributed by atoms with Crippen LogP contribution in [0.4, 0.5) is 0 Å². The van der Waals surface area contributed by atoms with E-state index in [9.17, 15) is 4.79 Å². The quantitative estimate of drug-likeness (QED) is 0.429. The minimum atomic E-state index is -1.54. The van der Waals surface area contributed by atoms with E-state index in [4.69, 9.17) is 15.3 Å². The summed E-state index contributed by atoms with van der Waals surface area (Å²) in [5.41, 5.74) is -1.54. The Morgan fingerprint density at radius 1 is 1.27 bits per heavy atom. The summed E-state index contributed by atoms with van der Waals surface area (Å²) in [5.74, 6) is -0.651. The summed E-state index contributed by atoms with van der Waals surface area (Å²) >= 11 is 0. The first kappa shape index (κ1) is 10.3. The van der Waals surface area contributed by atoms with Crippen molar-refractivity contribution in [2.45, 2.75) is 12.5 Å². The smallest absolute Gasteiger partial charge is 0.303 e. The van der Waals surface area contributed by atoms with Crippen molar-refractivity contribution in [3.63, 3.8) is 0 Å². The maximum absolute atomic E-state index is 10.4. The number of ether oxygens (including phenoxy) is 1. The fourth-order valence-corrected chi connectivity index (χ4v) is 0.552. The number of esters is 1. The molecule has 0 aromatic carbocycles. The van der Waals surface area contributed by atoms with Crippen molar-refractivity contribution >= 4 is 5.97 Å². The van der Waals surface area contributed by atoms with Crippen molar-refractivity contribution in [3.05, 3.63) is 0 Å². The highest BCUT2D eigenvalue weighted by atomic mass is 16.6. The number of aliphatic hydroxyl groups is 3. The van der Waals surface area contributed by atoms with Crippen molar-refractivity contribution in [1.29, 1.82) is 0 Å². The molecule has 0 bridgehead atoms. The van der Waals surface area contributed by atoms with E-state index in [1.807, 2.05) is 0 Å². The van der Waals surface area contributed by atoms with E-state index < -0.39 is 31.4 Å². The van der Waals surface area contributed by atoms with Gasteiger partial charge in [0.25, 0.3) is 0 Å². The third-order valence-corrected chi connectivity index (χ3v) is 1.22. The average Bonchev–Trinajstić information content (AvgIpc) is 2.00. The summed E-state index contributed by atoms with van der Waals surface area (Å²) in [4.78, 5) is 10.4. The predicted octanol–water partition coefficient (Wildman–Crippen LogP) is -1.73. The molecule has 0 amide bonds. The van der Waals surface area contributed by atoms with Crippen molar-refractivity contribution in [1.82, 2.24) is 0 Å². The van der Waals surface area contributed by atoms with E-state index in [1.54, 1.807) is 0 Å². The van der Waals surface area contributed by atoms with Gasteiger partial charge < -0.3 is 20.1 Å². The van der Waals surface area contributed by atoms with Crippen LogP contribution in [0.2, 0.25) is 0 Å². The molecule has 66 valence electrons. The molecule has 3 N–H and O–H groups in total. The second kappa shape index (κ2) is 4.27. The first-order valence-corrected chi connectivity index (χ1v) is 3.12. The normalized spacial score (nSPS) is 11.3. The van der Waals surface area contributed by atoms with Crippen LogP contribution in [0.15, 0.2) is 0 Å². The molecular formula is C6H12O5. The lowest BCUT2D eigenvalue weighted by atomic mass is 10.1. The summed E-state index contributed by atoms with van der Waals surface area (Å²) in [6, 6.07) is 0. The molecule has 0 aliphatic rings. The predicted molar refractivity (Wildman–Crippen MR) is 35.8 cm³/mol. The zero-order valence-corrected chi connectivity index (χ0v) is 6.28. The molecule has 0 saturated heterocycles. The van der Waals surface area contributed by atoms with E-state index in [1.165, 1.54) is 0 Å². The minimum Gasteiger partial charge on any atom is -0.452 e. The van der Waals surface area contributed by atoms with Crippen LogP contribution in [0, 0.1) is 0 Å². The maximum atomic E-state index is 10.4. The van der Waals surface area contributed by atoms with E-state index >= 15 is 0 Å². The van der Waals surface area contributed by atoms with Crippen LogP contribution in [-0.4, -0.2) is 46.7 Å². The largest absolute Gasteiger partial charge is 0.452 e. The zero-order valence-electron chi connectivity index (χ0n) is 6.28. The van der Waals surface area contributed by atoms with Gasteiger partial charge in [-0.2, -0.15) is 0 Å². The number of carbonyl (C=O) groups excluding carboxylic acids is 1. The molecule has 0 fully saturated rings. The lowest BCUT2D eigenvalue weighted by Gasteiger charge is -2.26. The lowest BCUT2D eigenvalue weighted by molar-refractivity contribution is -0.173. The second-order valence-corrected chi connectivity index (χ2v) is 2.25. The monoisotopic (exact) mass is 164 g/mol. The Kier molecular flexibility index (Phi) is 4.02. The molecule has 0 rings (SSSR count). The third-order valence-electron chi connectivity index (χ3n) is 1.22. The highest BCUT2D eigenvalue weighted by Gasteiger charge is 2.31. The van der Waals surface area contributed by atoms with Gasteiger partial charge in [-0.3, -0.25) is 4.79 Å². The lowest BCUT2D eigenvalue weighted by Crippen LogP contribution is -2.45. The highest BCUT2D eigenvalue weighted by Crippen LogP contribution is 2.08. The highest BCUT2D eigenvalue weighted by molar-refractivity contribution is 5.66. The first-order chi connectivity index (χ1) is 5.10. The molecule has 0 heterocycles. The molecule has 0 atom stereocenters. The van der Waals surface area contributed by atoms with E-state index in [2.05, 4.69) is 4.74 Å². The summed E-state index contributed by atoms with van der Waals surface area (Å²) in [7, 11) is 0. The van der Waals surface area contributed by atoms with Gasteiger partial charge in [0.1, 0.15) is 0 Å². The molecule has 0 aromatic rings. The molecule has 0 saturated carbocycles. The van der Waals surface area contributed by atoms with Crippen LogP contribution in [0.5, 0.6) is 0 Å². The molecule has 0 unspecified atom stereocenters. The molecule has 5 heteroatoms. The van der Waals surface area contributed by atoms with E-state index in [0.717, 1.165) is 6.92 Å². The number of rotatable bonds is 4. The molecular weight excluding hydrogens is 152 g/mol. The van der Waals surface area contributed by atoms with Crippen molar-refractivity contribution in [2.75, 3.05) is 19.8 Å². The topological polar surface area (TPSA) is 87.0 Å². The molecule has 0 aliphatic heterocycles. The Morgan fingerprint density at radius 3 is 1.73 bits per heavy atom. The van der Waals surface area contributed by atoms with Gasteiger partial charge in [-0.1, -0.05) is 0 Å². The Labute approximate surface area is 64.2 Å². The van der Waals surface area contributed by atoms with Gasteiger partial charge in [-0.25, -0.2) is 0 Å². The molecule has 0 aliphatic carbocycles. The fourth-order valence-electron chi connectivity index (χ4n) is 0.552. The minimum absolute atomic E-state index is 0.598. The average molecular weight is 164 g/mol. The fraction of sp³-hybridized carbons (Fsp3) is 0.833. The molecule has 0 aromatic heterocycles. The van der Waals surface area contributed by atoms with Crippen LogP contribution < -0.4 is 0 Å². The number of hydrogen-bond acceptors (Lipinski definition) is 5. The van der Waals surface area contributed by atoms with Crippen LogP contribution in [-0.2, 0) is 9.53 Å². The molecule has 11 heavy (non-hydrogen) atoms. The summed E-state index contributed by atoms with van der Waals surface area (Å²) in [5, 5.41) is 25.9. The third kappa shape index (κ3) is 2.83. The van der Waals surface area contributed by atoms with E-state index in [-0.39, 0.29) is 0 Å². The molecule has 0 spiro atoms. The van der Waals surface area contributed by atoms with Gasteiger partial charge in [0.15, 0.2) is 5.60 Å². The maximum Gasteiger partial charge on any atom is 0.303 e. The van der Waals surface area contributed by atoms with Gasteiger partial charge >= 0.3 is 5.97 Å². The van der Waals surface area contributed by atoms with Gasteiger partial charge in [0.05, 0.1) is 19.8 Å². The van der Waals surface area contributed by atoms with Gasteiger partial charge in [0.2, 0.25) is 0 Å². The van der Waals surface area contributed by atoms with Gasteiger partial charge in [0, 0.05) is 6.92 Å². The first-order valence-electron chi connectivity index (χ1n) is 3.12. The van der Waals surface area contributed by atoms with Crippen LogP contribution in [0.3, 0.4) is 0 Å². The molecule has 0 radical (unpaired) electrons. The van der Waals surface area contributed by atoms with Crippen molar-refractivity contribution < 1.29 is 24.9 Å². The standard InChI is InChI=1S/C6H12O5/c1-5(10)11-6(2-7,3-8)4-9/h7-9H,2-4H2,1H3. The Hall–Kier alpha value is -0.650. The van der Waals surface area contributed by atoms with Crippen LogP contribution >= 0.6 is 0 Å². The zero-order chi connectivity index (χ0) is 8.91. The van der Waals surface area contributed by atoms with Gasteiger partial charge in [-0.15, -0.1) is 0 Å². The SMILES string of the molecule is CC(=O)OC(CO)(CO)CO. The Morgan fingerprint density at radius 2 is 1.64 bits per heavy atom. The summed E-state index contributed by atoms with van der Waals surface area (Å²) in [6.45, 7) is -0.658. The number of hydrogen-bond donors (Lipinski definition) is 3. The van der Waals surface area contributed by atoms with Crippen molar-refractivity contribution in [2.24, 2.45) is 0 Å². The molecule has 5 nitrogen and oxygen atoms in total. The van der Waals surface area contributed by atoms with E-state index in [0.29, 0.717) is 0 Å². The van der Waals surface area contributed by atoms with Gasteiger partial charge in [-0.05, 0) is 0 Å². The number of carbonyl (C=O) groups is 1. The number of aliphatic hydroxyl groups excluding tert-OH is 3. The Bertz CT molecular complexity index is 121. The van der Waals surface area contributed by atoms with Crippen LogP contribution in [0.25, 0.3) is 0 Å². The second-order valence-electron chi connectivity index (χ2n) is 2.25. The van der Waals surface area contributed by atoms with Crippen molar-refractivity contribution in [3.8, 4) is 0 Å². The Balaban J connectivity index is 4.16. The summed E-state index contributed by atoms with van der Waals surface area (Å²) in [6.07, 6.45) is 0. The summed E-state index contributed by atoms with van der Waals surface area (Å²) < 4.78 is 4.50.